The van der Waals surface area contributed by atoms with E-state index in [9.17, 15) is 9.59 Å². The maximum atomic E-state index is 12.9. The zero-order chi connectivity index (χ0) is 18.8. The summed E-state index contributed by atoms with van der Waals surface area (Å²) in [5, 5.41) is 4.07. The summed E-state index contributed by atoms with van der Waals surface area (Å²) in [6, 6.07) is 17.5. The first-order valence-electron chi connectivity index (χ1n) is 9.26. The molecule has 5 nitrogen and oxygen atoms in total. The molecule has 0 aromatic heterocycles. The summed E-state index contributed by atoms with van der Waals surface area (Å²) in [6.07, 6.45) is 1.18. The minimum Gasteiger partial charge on any atom is -0.380 e. The van der Waals surface area contributed by atoms with Crippen LogP contribution in [0, 0.1) is 5.92 Å². The molecule has 27 heavy (non-hydrogen) atoms. The Bertz CT molecular complexity index is 842. The van der Waals surface area contributed by atoms with E-state index in [1.54, 1.807) is 17.0 Å². The smallest absolute Gasteiger partial charge is 0.228 e. The first kappa shape index (κ1) is 17.9. The van der Waals surface area contributed by atoms with Gasteiger partial charge in [-0.3, -0.25) is 9.59 Å². The van der Waals surface area contributed by atoms with E-state index in [0.29, 0.717) is 18.1 Å². The van der Waals surface area contributed by atoms with Gasteiger partial charge in [-0.25, -0.2) is 0 Å². The lowest BCUT2D eigenvalue weighted by Crippen LogP contribution is -2.37. The lowest BCUT2D eigenvalue weighted by atomic mass is 10.1. The summed E-state index contributed by atoms with van der Waals surface area (Å²) in [7, 11) is 0. The Hall–Kier alpha value is -2.53. The van der Waals surface area contributed by atoms with Crippen LogP contribution in [0.2, 0.25) is 5.02 Å². The molecule has 0 spiro atoms. The third kappa shape index (κ3) is 3.93. The van der Waals surface area contributed by atoms with E-state index < -0.39 is 0 Å². The second-order valence-corrected chi connectivity index (χ2v) is 7.60. The molecule has 2 fully saturated rings. The fourth-order valence-corrected chi connectivity index (χ4v) is 4.06. The van der Waals surface area contributed by atoms with Crippen LogP contribution in [0.1, 0.15) is 12.8 Å². The molecule has 2 saturated heterocycles. The second-order valence-electron chi connectivity index (χ2n) is 7.17. The second kappa shape index (κ2) is 7.61. The SMILES string of the molecule is O=C(C1CC(=O)N(c2cccc(Cl)c2)C1)N1CCC(Nc2ccccc2)C1. The molecule has 0 radical (unpaired) electrons. The molecule has 2 atom stereocenters. The Labute approximate surface area is 163 Å². The number of hydrogen-bond donors (Lipinski definition) is 1. The number of hydrogen-bond acceptors (Lipinski definition) is 3. The van der Waals surface area contributed by atoms with E-state index in [-0.39, 0.29) is 30.2 Å². The van der Waals surface area contributed by atoms with Crippen molar-refractivity contribution in [2.24, 2.45) is 5.92 Å². The fourth-order valence-electron chi connectivity index (χ4n) is 3.87. The molecule has 2 aromatic carbocycles. The number of nitrogens with zero attached hydrogens (tertiary/aromatic N) is 2. The Kier molecular flexibility index (Phi) is 5.03. The number of halogens is 1. The average molecular weight is 384 g/mol. The highest BCUT2D eigenvalue weighted by atomic mass is 35.5. The third-order valence-corrected chi connectivity index (χ3v) is 5.47. The third-order valence-electron chi connectivity index (χ3n) is 5.24. The van der Waals surface area contributed by atoms with Gasteiger partial charge in [0.2, 0.25) is 11.8 Å². The van der Waals surface area contributed by atoms with Gasteiger partial charge < -0.3 is 15.1 Å². The summed E-state index contributed by atoms with van der Waals surface area (Å²) in [4.78, 5) is 28.9. The van der Waals surface area contributed by atoms with Gasteiger partial charge in [0.25, 0.3) is 0 Å². The molecule has 2 heterocycles. The van der Waals surface area contributed by atoms with Crippen LogP contribution in [0.15, 0.2) is 54.6 Å². The molecule has 0 bridgehead atoms. The van der Waals surface area contributed by atoms with Crippen LogP contribution in [0.4, 0.5) is 11.4 Å². The van der Waals surface area contributed by atoms with Crippen LogP contribution in [0.25, 0.3) is 0 Å². The van der Waals surface area contributed by atoms with Crippen molar-refractivity contribution in [2.75, 3.05) is 29.9 Å². The van der Waals surface area contributed by atoms with E-state index in [1.165, 1.54) is 0 Å². The Morgan fingerprint density at radius 2 is 1.89 bits per heavy atom. The van der Waals surface area contributed by atoms with Gasteiger partial charge in [0, 0.05) is 48.5 Å². The minimum absolute atomic E-state index is 0.0197. The van der Waals surface area contributed by atoms with Crippen molar-refractivity contribution < 1.29 is 9.59 Å². The molecular formula is C21H22ClN3O2. The maximum absolute atomic E-state index is 12.9. The highest BCUT2D eigenvalue weighted by Gasteiger charge is 2.39. The van der Waals surface area contributed by atoms with Gasteiger partial charge in [0.1, 0.15) is 0 Å². The van der Waals surface area contributed by atoms with E-state index >= 15 is 0 Å². The standard InChI is InChI=1S/C21H22ClN3O2/c22-16-5-4-8-19(12-16)25-13-15(11-20(25)26)21(27)24-10-9-18(14-24)23-17-6-2-1-3-7-17/h1-8,12,15,18,23H,9-11,13-14H2. The molecule has 140 valence electrons. The molecule has 2 amide bonds. The number of amides is 2. The zero-order valence-electron chi connectivity index (χ0n) is 15.0. The zero-order valence-corrected chi connectivity index (χ0v) is 15.7. The molecular weight excluding hydrogens is 362 g/mol. The average Bonchev–Trinajstić information content (AvgIpc) is 3.29. The van der Waals surface area contributed by atoms with Crippen molar-refractivity contribution in [1.29, 1.82) is 0 Å². The summed E-state index contributed by atoms with van der Waals surface area (Å²) < 4.78 is 0. The van der Waals surface area contributed by atoms with Crippen LogP contribution < -0.4 is 10.2 Å². The van der Waals surface area contributed by atoms with Crippen molar-refractivity contribution >= 4 is 34.8 Å². The van der Waals surface area contributed by atoms with Gasteiger partial charge in [-0.1, -0.05) is 35.9 Å². The number of nitrogens with one attached hydrogen (secondary N) is 1. The Morgan fingerprint density at radius 1 is 1.07 bits per heavy atom. The number of rotatable bonds is 4. The highest BCUT2D eigenvalue weighted by molar-refractivity contribution is 6.31. The van der Waals surface area contributed by atoms with Crippen LogP contribution in [0.5, 0.6) is 0 Å². The van der Waals surface area contributed by atoms with Gasteiger partial charge in [-0.2, -0.15) is 0 Å². The van der Waals surface area contributed by atoms with E-state index in [1.807, 2.05) is 47.4 Å². The highest BCUT2D eigenvalue weighted by Crippen LogP contribution is 2.29. The molecule has 2 aliphatic rings. The number of anilines is 2. The van der Waals surface area contributed by atoms with Gasteiger partial charge in [0.05, 0.1) is 5.92 Å². The van der Waals surface area contributed by atoms with Crippen molar-refractivity contribution in [3.05, 3.63) is 59.6 Å². The van der Waals surface area contributed by atoms with Crippen molar-refractivity contribution in [2.45, 2.75) is 18.9 Å². The lowest BCUT2D eigenvalue weighted by molar-refractivity contribution is -0.134. The lowest BCUT2D eigenvalue weighted by Gasteiger charge is -2.21. The van der Waals surface area contributed by atoms with Gasteiger partial charge in [-0.05, 0) is 36.8 Å². The van der Waals surface area contributed by atoms with E-state index in [2.05, 4.69) is 5.32 Å². The number of benzene rings is 2. The Balaban J connectivity index is 1.37. The number of para-hydroxylation sites is 1. The van der Waals surface area contributed by atoms with Crippen LogP contribution in [-0.4, -0.2) is 42.4 Å². The van der Waals surface area contributed by atoms with Crippen LogP contribution in [-0.2, 0) is 9.59 Å². The first-order chi connectivity index (χ1) is 13.1. The van der Waals surface area contributed by atoms with Crippen LogP contribution in [0.3, 0.4) is 0 Å². The van der Waals surface area contributed by atoms with E-state index in [4.69, 9.17) is 11.6 Å². The quantitative estimate of drug-likeness (QED) is 0.880. The summed E-state index contributed by atoms with van der Waals surface area (Å²) in [5.41, 5.74) is 1.83. The normalized spacial score (nSPS) is 22.3. The van der Waals surface area contributed by atoms with Gasteiger partial charge >= 0.3 is 0 Å². The predicted molar refractivity (Wildman–Crippen MR) is 107 cm³/mol. The molecule has 0 saturated carbocycles. The summed E-state index contributed by atoms with van der Waals surface area (Å²) in [5.74, 6) is -0.231. The summed E-state index contributed by atoms with van der Waals surface area (Å²) >= 11 is 6.04. The molecule has 2 aromatic rings. The molecule has 2 aliphatic heterocycles. The van der Waals surface area contributed by atoms with Crippen molar-refractivity contribution in [3.63, 3.8) is 0 Å². The van der Waals surface area contributed by atoms with Crippen molar-refractivity contribution in [3.8, 4) is 0 Å². The van der Waals surface area contributed by atoms with Gasteiger partial charge in [0.15, 0.2) is 0 Å². The molecule has 6 heteroatoms. The molecule has 2 unspecified atom stereocenters. The predicted octanol–water partition coefficient (Wildman–Crippen LogP) is 3.41. The topological polar surface area (TPSA) is 52.7 Å². The van der Waals surface area contributed by atoms with E-state index in [0.717, 1.165) is 24.3 Å². The monoisotopic (exact) mass is 383 g/mol. The first-order valence-corrected chi connectivity index (χ1v) is 9.64. The fraction of sp³-hybridized carbons (Fsp3) is 0.333. The minimum atomic E-state index is -0.285. The Morgan fingerprint density at radius 3 is 2.67 bits per heavy atom. The van der Waals surface area contributed by atoms with Crippen LogP contribution >= 0.6 is 11.6 Å². The number of carbonyl (C=O) groups is 2. The molecule has 1 N–H and O–H groups in total. The molecule has 4 rings (SSSR count). The van der Waals surface area contributed by atoms with Gasteiger partial charge in [-0.15, -0.1) is 0 Å². The molecule has 0 aliphatic carbocycles. The largest absolute Gasteiger partial charge is 0.380 e. The summed E-state index contributed by atoms with van der Waals surface area (Å²) in [6.45, 7) is 1.83. The van der Waals surface area contributed by atoms with Crippen molar-refractivity contribution in [1.82, 2.24) is 4.90 Å². The number of likely N-dealkylation sites (tertiary alicyclic amines) is 1. The maximum Gasteiger partial charge on any atom is 0.228 e. The number of carbonyl (C=O) groups excluding carboxylic acids is 2.